The van der Waals surface area contributed by atoms with E-state index in [0.29, 0.717) is 0 Å². The van der Waals surface area contributed by atoms with Gasteiger partial charge in [0.05, 0.1) is 0 Å². The number of rotatable bonds is 0. The summed E-state index contributed by atoms with van der Waals surface area (Å²) < 4.78 is 0. The summed E-state index contributed by atoms with van der Waals surface area (Å²) in [7, 11) is 0. The van der Waals surface area contributed by atoms with Gasteiger partial charge in [-0.25, -0.2) is 0 Å². The van der Waals surface area contributed by atoms with Gasteiger partial charge in [0.25, 0.3) is 0 Å². The summed E-state index contributed by atoms with van der Waals surface area (Å²) in [4.78, 5) is 0. The van der Waals surface area contributed by atoms with E-state index in [-0.39, 0.29) is 68.3 Å². The van der Waals surface area contributed by atoms with Crippen molar-refractivity contribution in [3.05, 3.63) is 0 Å². The predicted molar refractivity (Wildman–Crippen MR) is 0 cm³/mol. The first-order valence-electron chi connectivity index (χ1n) is 0. The van der Waals surface area contributed by atoms with Gasteiger partial charge in [-0.2, -0.15) is 0 Å². The molecular weight excluding hydrogens is 220 g/mol. The van der Waals surface area contributed by atoms with Gasteiger partial charge in [-0.05, 0) is 0 Å². The average molecular weight is 220 g/mol. The van der Waals surface area contributed by atoms with Gasteiger partial charge < -0.3 is 0 Å². The van der Waals surface area contributed by atoms with Crippen molar-refractivity contribution < 1.29 is 68.3 Å². The summed E-state index contributed by atoms with van der Waals surface area (Å²) in [6, 6.07) is 0. The molecule has 0 bridgehead atoms. The van der Waals surface area contributed by atoms with Crippen molar-refractivity contribution in [3.8, 4) is 0 Å². The molecule has 4 heteroatoms. The van der Waals surface area contributed by atoms with Gasteiger partial charge >= 0.3 is 0 Å². The summed E-state index contributed by atoms with van der Waals surface area (Å²) in [5.74, 6) is 0. The molecule has 0 unspecified atom stereocenters. The Kier molecular flexibility index (Phi) is 177. The van der Waals surface area contributed by atoms with Crippen LogP contribution in [-0.4, -0.2) is 0 Å². The van der Waals surface area contributed by atoms with E-state index >= 15 is 0 Å². The van der Waals surface area contributed by atoms with Crippen molar-refractivity contribution >= 4 is 0 Å². The van der Waals surface area contributed by atoms with E-state index in [9.17, 15) is 0 Å². The maximum Gasteiger partial charge on any atom is 0 e. The smallest absolute Gasteiger partial charge is 0 e. The molecule has 0 atom stereocenters. The van der Waals surface area contributed by atoms with Crippen LogP contribution in [0.3, 0.4) is 0 Å². The molecule has 4 heavy (non-hydrogen) atoms. The quantitative estimate of drug-likeness (QED) is 0.503. The van der Waals surface area contributed by atoms with Gasteiger partial charge in [-0.15, -0.1) is 0 Å². The van der Waals surface area contributed by atoms with Crippen LogP contribution >= 0.6 is 0 Å². The Morgan fingerprint density at radius 2 is 0.250 bits per heavy atom. The van der Waals surface area contributed by atoms with Crippen molar-refractivity contribution in [1.82, 2.24) is 0 Å². The maximum atomic E-state index is 0. The van der Waals surface area contributed by atoms with E-state index in [1.165, 1.54) is 0 Å². The zero-order chi connectivity index (χ0) is 0. The van der Waals surface area contributed by atoms with E-state index in [2.05, 4.69) is 0 Å². The Labute approximate surface area is 67.8 Å². The van der Waals surface area contributed by atoms with Gasteiger partial charge in [0, 0.05) is 68.3 Å². The molecule has 4 radical (unpaired) electrons. The van der Waals surface area contributed by atoms with Gasteiger partial charge in [0.2, 0.25) is 0 Å². The van der Waals surface area contributed by atoms with Crippen molar-refractivity contribution in [2.45, 2.75) is 0 Å². The van der Waals surface area contributed by atoms with Crippen LogP contribution in [0.5, 0.6) is 0 Å². The molecule has 0 aromatic heterocycles. The summed E-state index contributed by atoms with van der Waals surface area (Å²) >= 11 is 0. The van der Waals surface area contributed by atoms with E-state index in [1.54, 1.807) is 0 Å². The van der Waals surface area contributed by atoms with E-state index in [0.717, 1.165) is 0 Å². The van der Waals surface area contributed by atoms with Crippen molar-refractivity contribution in [2.24, 2.45) is 0 Å². The molecule has 0 aromatic carbocycles. The third kappa shape index (κ3) is 8.95. The zero-order valence-corrected chi connectivity index (χ0v) is 6.23. The van der Waals surface area contributed by atoms with Crippen molar-refractivity contribution in [1.29, 1.82) is 0 Å². The Balaban J connectivity index is 0. The molecule has 0 spiro atoms. The van der Waals surface area contributed by atoms with Crippen molar-refractivity contribution in [2.75, 3.05) is 0 Å². The molecule has 0 N–H and O–H groups in total. The first-order chi connectivity index (χ1) is 0. The van der Waals surface area contributed by atoms with E-state index < -0.39 is 0 Å². The van der Waals surface area contributed by atoms with Gasteiger partial charge in [-0.3, -0.25) is 0 Å². The molecular formula is Mn4. The number of hydrogen-bond donors (Lipinski definition) is 0. The molecule has 28 valence electrons. The van der Waals surface area contributed by atoms with Crippen LogP contribution in [0.25, 0.3) is 0 Å². The monoisotopic (exact) mass is 220 g/mol. The zero-order valence-electron chi connectivity index (χ0n) is 1.51. The molecule has 0 saturated heterocycles. The molecule has 0 heterocycles. The first kappa shape index (κ1) is 36.3. The summed E-state index contributed by atoms with van der Waals surface area (Å²) in [6.07, 6.45) is 0. The maximum absolute atomic E-state index is 0. The van der Waals surface area contributed by atoms with Crippen LogP contribution in [0.2, 0.25) is 0 Å². The Morgan fingerprint density at radius 3 is 0.250 bits per heavy atom. The molecule has 0 nitrogen and oxygen atoms in total. The van der Waals surface area contributed by atoms with Crippen molar-refractivity contribution in [3.63, 3.8) is 0 Å². The Hall–Kier alpha value is 2.08. The predicted octanol–water partition coefficient (Wildman–Crippen LogP) is -0.0100. The Morgan fingerprint density at radius 1 is 0.250 bits per heavy atom. The third-order valence-electron chi connectivity index (χ3n) is 0. The van der Waals surface area contributed by atoms with Crippen LogP contribution in [0, 0.1) is 0 Å². The topological polar surface area (TPSA) is 0 Å². The minimum atomic E-state index is 0. The third-order valence-corrected chi connectivity index (χ3v) is 0. The van der Waals surface area contributed by atoms with Crippen LogP contribution in [0.15, 0.2) is 0 Å². The fourth-order valence-electron chi connectivity index (χ4n) is 0. The molecule has 0 aliphatic heterocycles. The van der Waals surface area contributed by atoms with Gasteiger partial charge in [0.1, 0.15) is 0 Å². The number of hydrogen-bond acceptors (Lipinski definition) is 0. The van der Waals surface area contributed by atoms with E-state index in [4.69, 9.17) is 0 Å². The normalized spacial score (nSPS) is 0. The minimum Gasteiger partial charge on any atom is 0 e. The Bertz CT molecular complexity index is 0. The van der Waals surface area contributed by atoms with E-state index in [1.807, 2.05) is 0 Å². The molecule has 0 aliphatic rings. The summed E-state index contributed by atoms with van der Waals surface area (Å²) in [5, 5.41) is 0. The molecule has 0 rings (SSSR count). The fourth-order valence-corrected chi connectivity index (χ4v) is 0. The standard InChI is InChI=1S/4Mn. The molecule has 0 amide bonds. The van der Waals surface area contributed by atoms with Crippen LogP contribution in [0.1, 0.15) is 0 Å². The molecule has 0 saturated carbocycles. The average Bonchev–Trinajstić information content (AvgIpc) is 0. The fraction of sp³-hybridized carbons (Fsp3) is 0. The van der Waals surface area contributed by atoms with Gasteiger partial charge in [0.15, 0.2) is 0 Å². The molecule has 0 fully saturated rings. The summed E-state index contributed by atoms with van der Waals surface area (Å²) in [6.45, 7) is 0. The van der Waals surface area contributed by atoms with Crippen LogP contribution < -0.4 is 0 Å². The minimum absolute atomic E-state index is 0. The second-order valence-electron chi connectivity index (χ2n) is 0. The first-order valence-corrected chi connectivity index (χ1v) is 0. The second kappa shape index (κ2) is 19.6. The molecule has 0 aliphatic carbocycles. The second-order valence-corrected chi connectivity index (χ2v) is 0. The SMILES string of the molecule is [Mn].[Mn].[Mn].[Mn]. The van der Waals surface area contributed by atoms with Gasteiger partial charge in [-0.1, -0.05) is 0 Å². The van der Waals surface area contributed by atoms with Crippen LogP contribution in [0.4, 0.5) is 0 Å². The summed E-state index contributed by atoms with van der Waals surface area (Å²) in [5.41, 5.74) is 0. The largest absolute Gasteiger partial charge is 0 e. The molecule has 0 aromatic rings. The van der Waals surface area contributed by atoms with Crippen LogP contribution in [-0.2, 0) is 68.3 Å².